The molecule has 0 bridgehead atoms. The lowest BCUT2D eigenvalue weighted by molar-refractivity contribution is -0.120. The van der Waals surface area contributed by atoms with Gasteiger partial charge in [-0.05, 0) is 54.8 Å². The third-order valence-corrected chi connectivity index (χ3v) is 9.69. The van der Waals surface area contributed by atoms with Crippen molar-refractivity contribution >= 4 is 63.2 Å². The third kappa shape index (κ3) is 4.83. The van der Waals surface area contributed by atoms with Crippen LogP contribution in [0.3, 0.4) is 0 Å². The van der Waals surface area contributed by atoms with Crippen LogP contribution in [0.2, 0.25) is 5.02 Å². The van der Waals surface area contributed by atoms with Crippen LogP contribution in [0.15, 0.2) is 71.0 Å². The summed E-state index contributed by atoms with van der Waals surface area (Å²) in [5.41, 5.74) is 0.477. The Bertz CT molecular complexity index is 1810. The van der Waals surface area contributed by atoms with Gasteiger partial charge in [-0.15, -0.1) is 0 Å². The molecule has 40 heavy (non-hydrogen) atoms. The number of amidine groups is 1. The predicted molar refractivity (Wildman–Crippen MR) is 154 cm³/mol. The van der Waals surface area contributed by atoms with Crippen molar-refractivity contribution in [1.82, 2.24) is 0 Å². The fraction of sp³-hybridized carbons (Fsp3) is 0.185. The zero-order valence-corrected chi connectivity index (χ0v) is 24.0. The first kappa shape index (κ1) is 28.0. The van der Waals surface area contributed by atoms with E-state index >= 15 is 0 Å². The lowest BCUT2D eigenvalue weighted by atomic mass is 9.66. The van der Waals surface area contributed by atoms with Crippen molar-refractivity contribution < 1.29 is 31.8 Å². The molecule has 1 heterocycles. The summed E-state index contributed by atoms with van der Waals surface area (Å²) in [6.45, 7) is 1.70. The number of fused-ring (bicyclic) bond motifs is 2. The molecule has 0 saturated heterocycles. The van der Waals surface area contributed by atoms with Crippen LogP contribution in [0, 0.1) is 5.82 Å². The zero-order valence-electron chi connectivity index (χ0n) is 21.5. The van der Waals surface area contributed by atoms with Crippen molar-refractivity contribution in [2.24, 2.45) is 4.76 Å². The van der Waals surface area contributed by atoms with E-state index in [1.54, 1.807) is 31.2 Å². The number of aliphatic hydroxyl groups is 1. The largest absolute Gasteiger partial charge is 0.506 e. The highest BCUT2D eigenvalue weighted by molar-refractivity contribution is 7.92. The monoisotopic (exact) mass is 603 g/mol. The van der Waals surface area contributed by atoms with Gasteiger partial charge in [-0.25, -0.2) is 12.8 Å². The minimum Gasteiger partial charge on any atom is -0.506 e. The van der Waals surface area contributed by atoms with E-state index in [9.17, 15) is 27.3 Å². The van der Waals surface area contributed by atoms with Crippen molar-refractivity contribution in [1.29, 1.82) is 0 Å². The summed E-state index contributed by atoms with van der Waals surface area (Å²) >= 11 is 6.01. The van der Waals surface area contributed by atoms with Crippen LogP contribution in [0.5, 0.6) is 0 Å². The minimum absolute atomic E-state index is 0.0832. The Hall–Kier alpha value is -3.50. The van der Waals surface area contributed by atoms with Crippen LogP contribution in [-0.4, -0.2) is 38.5 Å². The number of anilines is 2. The number of hydrogen-bond acceptors (Lipinski definition) is 7. The number of sulfonamides is 1. The highest BCUT2D eigenvalue weighted by Crippen LogP contribution is 2.53. The maximum Gasteiger partial charge on any atom is 0.348 e. The van der Waals surface area contributed by atoms with E-state index < -0.39 is 34.6 Å². The zero-order chi connectivity index (χ0) is 29.0. The average molecular weight is 604 g/mol. The van der Waals surface area contributed by atoms with Crippen molar-refractivity contribution in [3.63, 3.8) is 0 Å². The molecule has 1 aliphatic heterocycles. The van der Waals surface area contributed by atoms with Gasteiger partial charge in [-0.2, -0.15) is 4.76 Å². The first-order chi connectivity index (χ1) is 18.8. The first-order valence-electron chi connectivity index (χ1n) is 11.9. The van der Waals surface area contributed by atoms with Gasteiger partial charge in [0, 0.05) is 18.4 Å². The van der Waals surface area contributed by atoms with Crippen LogP contribution in [0.4, 0.5) is 15.8 Å². The van der Waals surface area contributed by atoms with E-state index in [1.807, 2.05) is 0 Å². The molecule has 2 aliphatic rings. The minimum atomic E-state index is -4.02. The first-order valence-corrected chi connectivity index (χ1v) is 15.8. The van der Waals surface area contributed by atoms with Gasteiger partial charge in [0.05, 0.1) is 27.7 Å². The number of carbonyl (C=O) groups is 1. The number of hydrogen-bond donors (Lipinski definition) is 3. The van der Waals surface area contributed by atoms with Crippen LogP contribution in [0.25, 0.3) is 5.76 Å². The van der Waals surface area contributed by atoms with Crippen molar-refractivity contribution in [3.05, 3.63) is 93.8 Å². The number of carbonyl (C=O) groups excluding carboxylic acids is 1. The SMILES string of the molecule is COP1(=O)N=C(C2=C(O)c3ccccc3C(C)(Cc3ccc(F)c(Cl)c3)C2=O)Nc2ccc(NS(C)(=O)=O)cc21. The number of nitrogens with zero attached hydrogens (tertiary/aromatic N) is 1. The van der Waals surface area contributed by atoms with Gasteiger partial charge in [0.15, 0.2) is 5.78 Å². The molecule has 208 valence electrons. The maximum atomic E-state index is 14.2. The molecular weight excluding hydrogens is 580 g/mol. The molecule has 0 radical (unpaired) electrons. The molecule has 0 fully saturated rings. The number of ketones is 1. The molecule has 0 saturated carbocycles. The average Bonchev–Trinajstić information content (AvgIpc) is 2.89. The van der Waals surface area contributed by atoms with Gasteiger partial charge in [0.1, 0.15) is 23.0 Å². The molecule has 13 heteroatoms. The molecule has 1 aliphatic carbocycles. The van der Waals surface area contributed by atoms with Gasteiger partial charge in [-0.1, -0.05) is 41.9 Å². The van der Waals surface area contributed by atoms with Gasteiger partial charge in [0.25, 0.3) is 0 Å². The predicted octanol–water partition coefficient (Wildman–Crippen LogP) is 5.19. The highest BCUT2D eigenvalue weighted by atomic mass is 35.5. The standard InChI is InChI=1S/C27H24ClFN3O6PS/c1-27(14-15-8-10-20(29)19(28)12-15)18-7-5-4-6-17(18)24(33)23(25(27)34)26-30-21-11-9-16(32-40(3,36)37)13-22(21)39(35,31-26)38-2/h4-13,32-33H,14H2,1-3H3,(H,30,31,35). The molecule has 2 atom stereocenters. The second kappa shape index (κ2) is 9.85. The molecule has 0 spiro atoms. The van der Waals surface area contributed by atoms with Gasteiger partial charge >= 0.3 is 7.52 Å². The number of halogens is 2. The van der Waals surface area contributed by atoms with Gasteiger partial charge in [0.2, 0.25) is 10.0 Å². The molecule has 2 unspecified atom stereocenters. The van der Waals surface area contributed by atoms with Crippen molar-refractivity contribution in [2.75, 3.05) is 23.4 Å². The maximum absolute atomic E-state index is 14.2. The summed E-state index contributed by atoms with van der Waals surface area (Å²) in [6, 6.07) is 15.3. The van der Waals surface area contributed by atoms with E-state index in [0.29, 0.717) is 16.7 Å². The Balaban J connectivity index is 1.64. The fourth-order valence-electron chi connectivity index (χ4n) is 5.00. The van der Waals surface area contributed by atoms with E-state index in [4.69, 9.17) is 16.1 Å². The molecule has 3 aromatic carbocycles. The number of Topliss-reactive ketones (excluding diaryl/α,β-unsaturated/α-hetero) is 1. The number of nitrogens with one attached hydrogen (secondary N) is 2. The highest BCUT2D eigenvalue weighted by Gasteiger charge is 2.47. The topological polar surface area (TPSA) is 134 Å². The molecular formula is C27H24ClFN3O6PS. The Morgan fingerprint density at radius 2 is 1.90 bits per heavy atom. The summed E-state index contributed by atoms with van der Waals surface area (Å²) in [5, 5.41) is 14.3. The third-order valence-electron chi connectivity index (χ3n) is 6.86. The van der Waals surface area contributed by atoms with E-state index in [2.05, 4.69) is 14.8 Å². The van der Waals surface area contributed by atoms with Crippen LogP contribution in [0.1, 0.15) is 23.6 Å². The smallest absolute Gasteiger partial charge is 0.348 e. The Kier molecular flexibility index (Phi) is 6.90. The molecule has 5 rings (SSSR count). The van der Waals surface area contributed by atoms with Crippen LogP contribution < -0.4 is 15.3 Å². The summed E-state index contributed by atoms with van der Waals surface area (Å²) in [6.07, 6.45) is 1.10. The molecule has 3 N–H and O–H groups in total. The second-order valence-electron chi connectivity index (χ2n) is 9.74. The van der Waals surface area contributed by atoms with Crippen LogP contribution in [-0.2, 0) is 35.7 Å². The van der Waals surface area contributed by atoms with Gasteiger partial charge < -0.3 is 14.9 Å². The normalized spacial score (nSPS) is 22.2. The summed E-state index contributed by atoms with van der Waals surface area (Å²) < 4.78 is 63.0. The Labute approximate surface area is 235 Å². The number of rotatable bonds is 6. The summed E-state index contributed by atoms with van der Waals surface area (Å²) in [5.74, 6) is -1.63. The molecule has 9 nitrogen and oxygen atoms in total. The second-order valence-corrected chi connectivity index (χ2v) is 14.0. The lowest BCUT2D eigenvalue weighted by Crippen LogP contribution is -2.44. The fourth-order valence-corrected chi connectivity index (χ4v) is 7.30. The van der Waals surface area contributed by atoms with E-state index in [1.165, 1.54) is 43.5 Å². The molecule has 0 amide bonds. The van der Waals surface area contributed by atoms with E-state index in [-0.39, 0.29) is 45.3 Å². The van der Waals surface area contributed by atoms with E-state index in [0.717, 1.165) is 6.26 Å². The molecule has 3 aromatic rings. The summed E-state index contributed by atoms with van der Waals surface area (Å²) in [4.78, 5) is 14.2. The van der Waals surface area contributed by atoms with Crippen molar-refractivity contribution in [3.8, 4) is 0 Å². The summed E-state index contributed by atoms with van der Waals surface area (Å²) in [7, 11) is -6.45. The number of aliphatic hydroxyl groups excluding tert-OH is 1. The number of benzene rings is 3. The van der Waals surface area contributed by atoms with Crippen molar-refractivity contribution in [2.45, 2.75) is 18.8 Å². The van der Waals surface area contributed by atoms with Crippen LogP contribution >= 0.6 is 19.1 Å². The van der Waals surface area contributed by atoms with Gasteiger partial charge in [-0.3, -0.25) is 14.1 Å². The Morgan fingerprint density at radius 1 is 1.18 bits per heavy atom. The quantitative estimate of drug-likeness (QED) is 0.330. The Morgan fingerprint density at radius 3 is 2.58 bits per heavy atom. The lowest BCUT2D eigenvalue weighted by Gasteiger charge is -2.37. The molecule has 0 aromatic heterocycles.